The molecule has 4 atom stereocenters. The van der Waals surface area contributed by atoms with Gasteiger partial charge in [-0.05, 0) is 85.9 Å². The molecule has 2 aliphatic rings. The van der Waals surface area contributed by atoms with Crippen molar-refractivity contribution < 1.29 is 17.6 Å². The lowest BCUT2D eigenvalue weighted by molar-refractivity contribution is -0.121. The van der Waals surface area contributed by atoms with Crippen LogP contribution in [0.3, 0.4) is 0 Å². The van der Waals surface area contributed by atoms with Gasteiger partial charge in [-0.1, -0.05) is 18.6 Å². The highest BCUT2D eigenvalue weighted by atomic mass is 32.2. The first-order valence-electron chi connectivity index (χ1n) is 10.5. The molecule has 0 aliphatic heterocycles. The minimum absolute atomic E-state index is 0.00934. The number of carbonyl (C=O) groups is 1. The molecular weight excluding hydrogens is 403 g/mol. The third-order valence-electron chi connectivity index (χ3n) is 6.52. The molecule has 1 amide bonds. The van der Waals surface area contributed by atoms with E-state index in [1.54, 1.807) is 24.3 Å². The van der Waals surface area contributed by atoms with Crippen molar-refractivity contribution in [2.45, 2.75) is 50.0 Å². The van der Waals surface area contributed by atoms with E-state index in [2.05, 4.69) is 17.0 Å². The van der Waals surface area contributed by atoms with Gasteiger partial charge in [0.2, 0.25) is 5.91 Å². The van der Waals surface area contributed by atoms with Gasteiger partial charge in [0.1, 0.15) is 5.82 Å². The van der Waals surface area contributed by atoms with Crippen molar-refractivity contribution in [3.05, 3.63) is 59.9 Å². The highest BCUT2D eigenvalue weighted by molar-refractivity contribution is 7.92. The molecule has 0 unspecified atom stereocenters. The average Bonchev–Trinajstić information content (AvgIpc) is 3.33. The van der Waals surface area contributed by atoms with Gasteiger partial charge in [-0.25, -0.2) is 12.8 Å². The zero-order chi connectivity index (χ0) is 21.3. The number of rotatable bonds is 7. The zero-order valence-electron chi connectivity index (χ0n) is 17.0. The van der Waals surface area contributed by atoms with Crippen LogP contribution in [0, 0.1) is 23.6 Å². The molecule has 160 valence electrons. The summed E-state index contributed by atoms with van der Waals surface area (Å²) < 4.78 is 40.2. The Labute approximate surface area is 177 Å². The van der Waals surface area contributed by atoms with E-state index in [9.17, 15) is 17.6 Å². The second-order valence-electron chi connectivity index (χ2n) is 8.63. The van der Waals surface area contributed by atoms with Crippen molar-refractivity contribution in [2.75, 3.05) is 4.72 Å². The van der Waals surface area contributed by atoms with E-state index in [0.29, 0.717) is 11.6 Å². The average molecular weight is 431 g/mol. The molecular formula is C23H27FN2O3S. The van der Waals surface area contributed by atoms with Crippen molar-refractivity contribution in [1.29, 1.82) is 0 Å². The van der Waals surface area contributed by atoms with Gasteiger partial charge in [0, 0.05) is 11.7 Å². The van der Waals surface area contributed by atoms with Crippen LogP contribution in [-0.4, -0.2) is 20.4 Å². The normalized spacial score (nSPS) is 23.9. The number of halogens is 1. The van der Waals surface area contributed by atoms with Crippen molar-refractivity contribution in [3.63, 3.8) is 0 Å². The second-order valence-corrected chi connectivity index (χ2v) is 10.3. The third kappa shape index (κ3) is 4.67. The molecule has 0 saturated heterocycles. The van der Waals surface area contributed by atoms with E-state index >= 15 is 0 Å². The van der Waals surface area contributed by atoms with E-state index in [-0.39, 0.29) is 23.3 Å². The number of hydrogen-bond donors (Lipinski definition) is 2. The summed E-state index contributed by atoms with van der Waals surface area (Å²) in [7, 11) is -3.79. The monoisotopic (exact) mass is 430 g/mol. The molecule has 2 bridgehead atoms. The number of anilines is 1. The molecule has 30 heavy (non-hydrogen) atoms. The maximum atomic E-state index is 13.0. The smallest absolute Gasteiger partial charge is 0.261 e. The number of hydrogen-bond acceptors (Lipinski definition) is 3. The molecule has 2 aliphatic carbocycles. The molecule has 0 radical (unpaired) electrons. The van der Waals surface area contributed by atoms with Crippen LogP contribution in [0.25, 0.3) is 0 Å². The van der Waals surface area contributed by atoms with Crippen molar-refractivity contribution >= 4 is 21.6 Å². The highest BCUT2D eigenvalue weighted by Crippen LogP contribution is 2.49. The summed E-state index contributed by atoms with van der Waals surface area (Å²) in [6.07, 6.45) is 5.45. The number of nitrogens with one attached hydrogen (secondary N) is 2. The quantitative estimate of drug-likeness (QED) is 0.694. The van der Waals surface area contributed by atoms with E-state index < -0.39 is 15.8 Å². The summed E-state index contributed by atoms with van der Waals surface area (Å²) in [5, 5.41) is 3.15. The lowest BCUT2D eigenvalue weighted by atomic mass is 9.84. The molecule has 7 heteroatoms. The van der Waals surface area contributed by atoms with Gasteiger partial charge in [-0.15, -0.1) is 0 Å². The van der Waals surface area contributed by atoms with Gasteiger partial charge in [0.05, 0.1) is 11.3 Å². The van der Waals surface area contributed by atoms with Gasteiger partial charge >= 0.3 is 0 Å². The van der Waals surface area contributed by atoms with Gasteiger partial charge in [0.15, 0.2) is 0 Å². The number of amides is 1. The molecule has 2 saturated carbocycles. The lowest BCUT2D eigenvalue weighted by Crippen LogP contribution is -2.40. The molecule has 2 aromatic rings. The Bertz CT molecular complexity index is 1010. The van der Waals surface area contributed by atoms with Gasteiger partial charge < -0.3 is 5.32 Å². The van der Waals surface area contributed by atoms with Crippen LogP contribution in [0.1, 0.15) is 38.2 Å². The zero-order valence-corrected chi connectivity index (χ0v) is 17.8. The van der Waals surface area contributed by atoms with Gasteiger partial charge in [0.25, 0.3) is 10.0 Å². The van der Waals surface area contributed by atoms with Crippen LogP contribution in [-0.2, 0) is 21.2 Å². The summed E-state index contributed by atoms with van der Waals surface area (Å²) in [6.45, 7) is 2.11. The standard InChI is InChI=1S/C23H27FN2O3S/c1-15(22-13-17-2-5-18(22)12-17)25-23(27)14-16-3-8-20(9-4-16)26-30(28,29)21-10-6-19(24)7-11-21/h3-4,6-11,15,17-18,22,26H,2,5,12-14H2,1H3,(H,25,27)/t15-,17-,18-,22+/m0/s1. The SMILES string of the molecule is C[C@H](NC(=O)Cc1ccc(NS(=O)(=O)c2ccc(F)cc2)cc1)[C@H]1C[C@H]2CC[C@H]1C2. The fourth-order valence-electron chi connectivity index (χ4n) is 5.02. The Morgan fingerprint density at radius 1 is 1.07 bits per heavy atom. The summed E-state index contributed by atoms with van der Waals surface area (Å²) in [4.78, 5) is 12.4. The number of benzene rings is 2. The molecule has 0 aromatic heterocycles. The predicted octanol–water partition coefficient (Wildman–Crippen LogP) is 4.11. The third-order valence-corrected chi connectivity index (χ3v) is 7.92. The van der Waals surface area contributed by atoms with Crippen LogP contribution in [0.5, 0.6) is 0 Å². The first-order chi connectivity index (χ1) is 14.3. The van der Waals surface area contributed by atoms with Crippen molar-refractivity contribution in [1.82, 2.24) is 5.32 Å². The number of sulfonamides is 1. The Morgan fingerprint density at radius 3 is 2.37 bits per heavy atom. The van der Waals surface area contributed by atoms with Crippen LogP contribution < -0.4 is 10.0 Å². The van der Waals surface area contributed by atoms with Crippen LogP contribution >= 0.6 is 0 Å². The fraction of sp³-hybridized carbons (Fsp3) is 0.435. The molecule has 0 heterocycles. The Hall–Kier alpha value is -2.41. The minimum Gasteiger partial charge on any atom is -0.353 e. The van der Waals surface area contributed by atoms with E-state index in [4.69, 9.17) is 0 Å². The van der Waals surface area contributed by atoms with E-state index in [0.717, 1.165) is 29.5 Å². The largest absolute Gasteiger partial charge is 0.353 e. The second kappa shape index (κ2) is 8.38. The summed E-state index contributed by atoms with van der Waals surface area (Å²) in [5.41, 5.74) is 1.20. The summed E-state index contributed by atoms with van der Waals surface area (Å²) in [6, 6.07) is 11.6. The van der Waals surface area contributed by atoms with Crippen LogP contribution in [0.15, 0.2) is 53.4 Å². The number of fused-ring (bicyclic) bond motifs is 2. The van der Waals surface area contributed by atoms with Crippen molar-refractivity contribution in [2.24, 2.45) is 17.8 Å². The number of carbonyl (C=O) groups excluding carboxylic acids is 1. The first kappa shape index (κ1) is 20.8. The predicted molar refractivity (Wildman–Crippen MR) is 114 cm³/mol. The molecule has 2 N–H and O–H groups in total. The van der Waals surface area contributed by atoms with Gasteiger partial charge in [-0.3, -0.25) is 9.52 Å². The van der Waals surface area contributed by atoms with Crippen LogP contribution in [0.2, 0.25) is 0 Å². The minimum atomic E-state index is -3.79. The lowest BCUT2D eigenvalue weighted by Gasteiger charge is -2.28. The van der Waals surface area contributed by atoms with Crippen molar-refractivity contribution in [3.8, 4) is 0 Å². The van der Waals surface area contributed by atoms with Gasteiger partial charge in [-0.2, -0.15) is 0 Å². The summed E-state index contributed by atoms with van der Waals surface area (Å²) >= 11 is 0. The van der Waals surface area contributed by atoms with E-state index in [1.165, 1.54) is 37.8 Å². The molecule has 2 fully saturated rings. The fourth-order valence-corrected chi connectivity index (χ4v) is 6.08. The first-order valence-corrected chi connectivity index (χ1v) is 11.9. The highest BCUT2D eigenvalue weighted by Gasteiger charge is 2.42. The Kier molecular flexibility index (Phi) is 5.82. The van der Waals surface area contributed by atoms with Crippen LogP contribution in [0.4, 0.5) is 10.1 Å². The Morgan fingerprint density at radius 2 is 1.77 bits per heavy atom. The molecule has 4 rings (SSSR count). The molecule has 2 aromatic carbocycles. The Balaban J connectivity index is 1.32. The molecule has 0 spiro atoms. The topological polar surface area (TPSA) is 75.3 Å². The molecule has 5 nitrogen and oxygen atoms in total. The maximum absolute atomic E-state index is 13.0. The van der Waals surface area contributed by atoms with E-state index in [1.807, 2.05) is 0 Å². The summed E-state index contributed by atoms with van der Waals surface area (Å²) in [5.74, 6) is 1.71. The maximum Gasteiger partial charge on any atom is 0.261 e.